The zero-order valence-electron chi connectivity index (χ0n) is 17.8. The van der Waals surface area contributed by atoms with E-state index in [1.54, 1.807) is 4.90 Å². The molecular formula is C21H29F3N3O4P. The molecule has 3 N–H and O–H groups in total. The summed E-state index contributed by atoms with van der Waals surface area (Å²) in [4.78, 5) is 24.6. The molecule has 4 rings (SSSR count). The molecule has 3 aliphatic rings. The predicted molar refractivity (Wildman–Crippen MR) is 111 cm³/mol. The average molecular weight is 475 g/mol. The molecule has 11 heteroatoms. The summed E-state index contributed by atoms with van der Waals surface area (Å²) >= 11 is 0. The van der Waals surface area contributed by atoms with Gasteiger partial charge in [0, 0.05) is 37.3 Å². The van der Waals surface area contributed by atoms with Crippen LogP contribution in [0, 0.1) is 23.4 Å². The first-order valence-electron chi connectivity index (χ1n) is 10.9. The predicted octanol–water partition coefficient (Wildman–Crippen LogP) is 1.45. The van der Waals surface area contributed by atoms with Crippen LogP contribution in [-0.2, 0) is 20.5 Å². The van der Waals surface area contributed by atoms with Gasteiger partial charge in [0.2, 0.25) is 6.16 Å². The Kier molecular flexibility index (Phi) is 9.02. The van der Waals surface area contributed by atoms with Crippen molar-refractivity contribution in [3.8, 4) is 0 Å². The summed E-state index contributed by atoms with van der Waals surface area (Å²) in [7, 11) is -2.77. The van der Waals surface area contributed by atoms with Gasteiger partial charge >= 0.3 is 8.03 Å². The highest BCUT2D eigenvalue weighted by Gasteiger charge is 2.45. The summed E-state index contributed by atoms with van der Waals surface area (Å²) < 4.78 is 56.1. The maximum Gasteiger partial charge on any atom is 0.318 e. The number of piperidine rings is 1. The lowest BCUT2D eigenvalue weighted by atomic mass is 9.82. The zero-order valence-corrected chi connectivity index (χ0v) is 18.7. The molecule has 1 aromatic rings. The van der Waals surface area contributed by atoms with Gasteiger partial charge in [0.05, 0.1) is 13.2 Å². The van der Waals surface area contributed by atoms with E-state index < -0.39 is 37.7 Å². The largest absolute Gasteiger partial charge is 0.595 e. The van der Waals surface area contributed by atoms with Crippen molar-refractivity contribution in [1.29, 1.82) is 0 Å². The number of hydrogen-bond acceptors (Lipinski definition) is 6. The lowest BCUT2D eigenvalue weighted by molar-refractivity contribution is -0.165. The highest BCUT2D eigenvalue weighted by atomic mass is 31.1. The van der Waals surface area contributed by atoms with Crippen LogP contribution in [0.1, 0.15) is 31.2 Å². The third-order valence-electron chi connectivity index (χ3n) is 6.32. The second kappa shape index (κ2) is 11.5. The first-order valence-corrected chi connectivity index (χ1v) is 12.2. The number of halogens is 3. The Morgan fingerprint density at radius 3 is 2.25 bits per heavy atom. The number of benzene rings is 1. The van der Waals surface area contributed by atoms with Crippen molar-refractivity contribution in [3.05, 3.63) is 35.1 Å². The number of carbonyl (C=O) groups is 1. The molecule has 7 nitrogen and oxygen atoms in total. The number of ether oxygens (including phenoxy) is 1. The normalized spacial score (nSPS) is 26.2. The van der Waals surface area contributed by atoms with Crippen molar-refractivity contribution in [1.82, 2.24) is 10.2 Å². The van der Waals surface area contributed by atoms with Gasteiger partial charge in [-0.3, -0.25) is 4.79 Å². The quantitative estimate of drug-likeness (QED) is 0.493. The number of fused-ring (bicyclic) bond motifs is 2. The number of rotatable bonds is 5. The molecule has 0 aromatic heterocycles. The number of hydrogen-bond donors (Lipinski definition) is 2. The summed E-state index contributed by atoms with van der Waals surface area (Å²) in [5, 5.41) is 3.16. The average Bonchev–Trinajstić information content (AvgIpc) is 3.03. The van der Waals surface area contributed by atoms with E-state index in [2.05, 4.69) is 5.32 Å². The molecule has 3 saturated heterocycles. The monoisotopic (exact) mass is 475 g/mol. The molecule has 0 radical (unpaired) electrons. The molecule has 0 aliphatic carbocycles. The first kappa shape index (κ1) is 25.1. The van der Waals surface area contributed by atoms with E-state index in [0.717, 1.165) is 45.2 Å². The van der Waals surface area contributed by atoms with Crippen LogP contribution in [0.5, 0.6) is 0 Å². The second-order valence-corrected chi connectivity index (χ2v) is 9.48. The van der Waals surface area contributed by atoms with Gasteiger partial charge in [0.1, 0.15) is 5.82 Å². The molecule has 5 atom stereocenters. The van der Waals surface area contributed by atoms with Gasteiger partial charge in [-0.25, -0.2) is 13.2 Å². The van der Waals surface area contributed by atoms with Crippen molar-refractivity contribution in [2.75, 3.05) is 32.5 Å². The molecule has 3 heterocycles. The van der Waals surface area contributed by atoms with Crippen LogP contribution in [0.3, 0.4) is 0 Å². The number of carbonyl (C=O) groups excluding carboxylic acids is 1. The lowest BCUT2D eigenvalue weighted by Crippen LogP contribution is -2.51. The third-order valence-corrected chi connectivity index (χ3v) is 6.85. The van der Waals surface area contributed by atoms with Crippen molar-refractivity contribution >= 4 is 13.9 Å². The van der Waals surface area contributed by atoms with Crippen molar-refractivity contribution in [2.45, 2.75) is 50.2 Å². The number of amides is 1. The molecule has 3 aliphatic heterocycles. The minimum absolute atomic E-state index is 0.00470. The molecular weight excluding hydrogens is 446 g/mol. The second-order valence-electron chi connectivity index (χ2n) is 8.50. The molecule has 1 aromatic carbocycles. The third kappa shape index (κ3) is 6.48. The van der Waals surface area contributed by atoms with E-state index in [4.69, 9.17) is 10.5 Å². The fraction of sp³-hybridized carbons (Fsp3) is 0.667. The molecule has 0 spiro atoms. The molecule has 4 unspecified atom stereocenters. The summed E-state index contributed by atoms with van der Waals surface area (Å²) in [5.41, 5.74) is 6.24. The Bertz CT molecular complexity index is 802. The minimum Gasteiger partial charge on any atom is -0.595 e. The molecule has 178 valence electrons. The van der Waals surface area contributed by atoms with Crippen molar-refractivity contribution < 1.29 is 32.2 Å². The Balaban J connectivity index is 0.000000416. The van der Waals surface area contributed by atoms with E-state index in [1.165, 1.54) is 0 Å². The van der Waals surface area contributed by atoms with Gasteiger partial charge in [-0.05, 0) is 49.7 Å². The number of morpholine rings is 1. The van der Waals surface area contributed by atoms with Crippen LogP contribution in [0.2, 0.25) is 0 Å². The fourth-order valence-electron chi connectivity index (χ4n) is 4.82. The van der Waals surface area contributed by atoms with Crippen LogP contribution in [0.25, 0.3) is 0 Å². The Morgan fingerprint density at radius 2 is 1.75 bits per heavy atom. The smallest absolute Gasteiger partial charge is 0.318 e. The summed E-state index contributed by atoms with van der Waals surface area (Å²) in [6.07, 6.45) is 2.37. The van der Waals surface area contributed by atoms with Gasteiger partial charge in [-0.1, -0.05) is 4.57 Å². The molecule has 1 amide bonds. The van der Waals surface area contributed by atoms with Crippen LogP contribution in [-0.4, -0.2) is 61.4 Å². The number of nitrogens with zero attached hydrogens (tertiary/aromatic N) is 1. The van der Waals surface area contributed by atoms with E-state index in [0.29, 0.717) is 18.9 Å². The van der Waals surface area contributed by atoms with E-state index in [-0.39, 0.29) is 35.9 Å². The van der Waals surface area contributed by atoms with Crippen molar-refractivity contribution in [3.63, 3.8) is 0 Å². The van der Waals surface area contributed by atoms with E-state index in [9.17, 15) is 27.4 Å². The lowest BCUT2D eigenvalue weighted by Gasteiger charge is -2.40. The van der Waals surface area contributed by atoms with Crippen LogP contribution >= 0.6 is 8.03 Å². The Hall–Kier alpha value is -1.58. The minimum atomic E-state index is -2.77. The molecule has 32 heavy (non-hydrogen) atoms. The molecule has 3 fully saturated rings. The SMILES string of the molecule is C1COCCN1.NC(Cc1cc(F)c(F)cc1F)C1CC2CC[C@@H](C1)N2C(=O)C[P+](=O)[O-]. The van der Waals surface area contributed by atoms with Gasteiger partial charge in [-0.2, -0.15) is 0 Å². The van der Waals surface area contributed by atoms with Gasteiger partial charge in [0.25, 0.3) is 5.91 Å². The van der Waals surface area contributed by atoms with Crippen LogP contribution in [0.4, 0.5) is 13.2 Å². The Morgan fingerprint density at radius 1 is 1.16 bits per heavy atom. The van der Waals surface area contributed by atoms with Crippen LogP contribution < -0.4 is 15.9 Å². The van der Waals surface area contributed by atoms with Crippen LogP contribution in [0.15, 0.2) is 12.1 Å². The maximum absolute atomic E-state index is 13.8. The standard InChI is InChI=1S/C17H20F3N2O3P.C4H9NO/c18-13-7-15(20)14(19)5-9(13)6-16(21)10-3-11-1-2-12(4-10)22(11)17(23)8-26(24)25;1-3-6-4-2-5-1/h5,7,10-12,16H,1-4,6,8,21H2;5H,1-4H2/t10?,11-,12?,16?;/m0./s1. The summed E-state index contributed by atoms with van der Waals surface area (Å²) in [6.45, 7) is 3.83. The van der Waals surface area contributed by atoms with Gasteiger partial charge < -0.3 is 25.6 Å². The van der Waals surface area contributed by atoms with E-state index in [1.807, 2.05) is 0 Å². The highest BCUT2D eigenvalue weighted by molar-refractivity contribution is 7.37. The topological polar surface area (TPSA) is 108 Å². The first-order chi connectivity index (χ1) is 15.3. The summed E-state index contributed by atoms with van der Waals surface area (Å²) in [5.74, 6) is -3.55. The van der Waals surface area contributed by atoms with Gasteiger partial charge in [-0.15, -0.1) is 0 Å². The Labute approximate surface area is 186 Å². The summed E-state index contributed by atoms with van der Waals surface area (Å²) in [6, 6.07) is 0.768. The van der Waals surface area contributed by atoms with E-state index >= 15 is 0 Å². The number of nitrogens with two attached hydrogens (primary N) is 1. The fourth-order valence-corrected chi connectivity index (χ4v) is 5.21. The maximum atomic E-state index is 13.8. The number of nitrogens with one attached hydrogen (secondary N) is 1. The molecule has 2 bridgehead atoms. The highest BCUT2D eigenvalue weighted by Crippen LogP contribution is 2.40. The van der Waals surface area contributed by atoms with Crippen molar-refractivity contribution in [2.24, 2.45) is 11.7 Å². The van der Waals surface area contributed by atoms with Gasteiger partial charge in [0.15, 0.2) is 11.6 Å². The zero-order chi connectivity index (χ0) is 23.3. The molecule has 0 saturated carbocycles.